The summed E-state index contributed by atoms with van der Waals surface area (Å²) in [7, 11) is 3.38. The van der Waals surface area contributed by atoms with E-state index in [9.17, 15) is 0 Å². The second-order valence-corrected chi connectivity index (χ2v) is 5.82. The van der Waals surface area contributed by atoms with Crippen molar-refractivity contribution in [2.75, 3.05) is 27.3 Å². The van der Waals surface area contributed by atoms with Gasteiger partial charge in [0.2, 0.25) is 0 Å². The molecule has 1 unspecified atom stereocenters. The summed E-state index contributed by atoms with van der Waals surface area (Å²) in [5.74, 6) is 2.38. The zero-order valence-corrected chi connectivity index (χ0v) is 14.3. The monoisotopic (exact) mass is 293 g/mol. The van der Waals surface area contributed by atoms with Gasteiger partial charge in [0, 0.05) is 0 Å². The molecule has 0 aromatic heterocycles. The molecular formula is C18H31NO2. The topological polar surface area (TPSA) is 30.5 Å². The molecule has 0 saturated heterocycles. The van der Waals surface area contributed by atoms with Crippen LogP contribution in [0.3, 0.4) is 0 Å². The quantitative estimate of drug-likeness (QED) is 0.662. The van der Waals surface area contributed by atoms with Gasteiger partial charge in [0.1, 0.15) is 0 Å². The summed E-state index contributed by atoms with van der Waals surface area (Å²) in [4.78, 5) is 0. The number of hydrogen-bond donors (Lipinski definition) is 1. The predicted molar refractivity (Wildman–Crippen MR) is 89.5 cm³/mol. The van der Waals surface area contributed by atoms with Gasteiger partial charge in [-0.15, -0.1) is 0 Å². The molecule has 0 spiro atoms. The summed E-state index contributed by atoms with van der Waals surface area (Å²) in [5, 5.41) is 3.47. The molecule has 1 aromatic rings. The number of rotatable bonds is 10. The first-order valence-corrected chi connectivity index (χ1v) is 8.04. The fourth-order valence-corrected chi connectivity index (χ4v) is 2.49. The minimum absolute atomic E-state index is 0.738. The summed E-state index contributed by atoms with van der Waals surface area (Å²) in [5.41, 5.74) is 2.64. The molecule has 3 heteroatoms. The van der Waals surface area contributed by atoms with Crippen LogP contribution in [0.5, 0.6) is 11.5 Å². The number of ether oxygens (including phenoxy) is 2. The fraction of sp³-hybridized carbons (Fsp3) is 0.667. The maximum absolute atomic E-state index is 5.40. The third-order valence-corrected chi connectivity index (χ3v) is 3.99. The smallest absolute Gasteiger partial charge is 0.161 e. The highest BCUT2D eigenvalue weighted by Crippen LogP contribution is 2.31. The first kappa shape index (κ1) is 17.8. The Bertz CT molecular complexity index is 418. The lowest BCUT2D eigenvalue weighted by Gasteiger charge is -2.15. The van der Waals surface area contributed by atoms with Crippen molar-refractivity contribution >= 4 is 0 Å². The summed E-state index contributed by atoms with van der Waals surface area (Å²) in [6.45, 7) is 8.94. The van der Waals surface area contributed by atoms with Gasteiger partial charge in [-0.05, 0) is 74.9 Å². The van der Waals surface area contributed by atoms with Crippen molar-refractivity contribution in [2.45, 2.75) is 46.5 Å². The van der Waals surface area contributed by atoms with Crippen LogP contribution in [0.2, 0.25) is 0 Å². The standard InChI is InChI=1S/C18H31NO2/c1-6-10-19-11-9-14(2)7-8-16-13-18(21-5)17(20-4)12-15(16)3/h12-14,19H,6-11H2,1-5H3. The van der Waals surface area contributed by atoms with Crippen molar-refractivity contribution in [3.8, 4) is 11.5 Å². The molecule has 0 saturated carbocycles. The molecule has 0 radical (unpaired) electrons. The van der Waals surface area contributed by atoms with Gasteiger partial charge >= 0.3 is 0 Å². The van der Waals surface area contributed by atoms with Gasteiger partial charge in [0.15, 0.2) is 11.5 Å². The highest BCUT2D eigenvalue weighted by molar-refractivity contribution is 5.47. The molecule has 3 nitrogen and oxygen atoms in total. The Morgan fingerprint density at radius 2 is 1.71 bits per heavy atom. The molecular weight excluding hydrogens is 262 g/mol. The molecule has 0 heterocycles. The molecule has 1 aromatic carbocycles. The van der Waals surface area contributed by atoms with Crippen LogP contribution in [0, 0.1) is 12.8 Å². The average Bonchev–Trinajstić information content (AvgIpc) is 2.50. The highest BCUT2D eigenvalue weighted by atomic mass is 16.5. The van der Waals surface area contributed by atoms with Crippen molar-refractivity contribution in [3.05, 3.63) is 23.3 Å². The lowest BCUT2D eigenvalue weighted by Crippen LogP contribution is -2.18. The Balaban J connectivity index is 2.51. The molecule has 1 rings (SSSR count). The molecule has 0 aliphatic carbocycles. The van der Waals surface area contributed by atoms with Crippen molar-refractivity contribution in [1.29, 1.82) is 0 Å². The third kappa shape index (κ3) is 5.96. The van der Waals surface area contributed by atoms with E-state index in [1.807, 2.05) is 0 Å². The largest absolute Gasteiger partial charge is 0.493 e. The minimum atomic E-state index is 0.738. The van der Waals surface area contributed by atoms with Crippen LogP contribution in [0.15, 0.2) is 12.1 Å². The van der Waals surface area contributed by atoms with E-state index in [1.54, 1.807) is 14.2 Å². The summed E-state index contributed by atoms with van der Waals surface area (Å²) in [6.07, 6.45) is 4.76. The number of benzene rings is 1. The van der Waals surface area contributed by atoms with Gasteiger partial charge in [-0.2, -0.15) is 0 Å². The van der Waals surface area contributed by atoms with Crippen LogP contribution in [0.4, 0.5) is 0 Å². The van der Waals surface area contributed by atoms with Crippen molar-refractivity contribution in [3.63, 3.8) is 0 Å². The number of hydrogen-bond acceptors (Lipinski definition) is 3. The van der Waals surface area contributed by atoms with E-state index in [2.05, 4.69) is 38.2 Å². The van der Waals surface area contributed by atoms with E-state index >= 15 is 0 Å². The van der Waals surface area contributed by atoms with Gasteiger partial charge in [-0.1, -0.05) is 13.8 Å². The van der Waals surface area contributed by atoms with E-state index < -0.39 is 0 Å². The van der Waals surface area contributed by atoms with Crippen LogP contribution in [0.1, 0.15) is 44.2 Å². The lowest BCUT2D eigenvalue weighted by molar-refractivity contribution is 0.354. The Morgan fingerprint density at radius 1 is 1.05 bits per heavy atom. The third-order valence-electron chi connectivity index (χ3n) is 3.99. The Labute approximate surface area is 130 Å². The van der Waals surface area contributed by atoms with Crippen molar-refractivity contribution in [1.82, 2.24) is 5.32 Å². The number of nitrogens with one attached hydrogen (secondary N) is 1. The van der Waals surface area contributed by atoms with Crippen molar-refractivity contribution < 1.29 is 9.47 Å². The van der Waals surface area contributed by atoms with E-state index in [1.165, 1.54) is 30.4 Å². The predicted octanol–water partition coefficient (Wildman–Crippen LogP) is 3.97. The molecule has 0 fully saturated rings. The summed E-state index contributed by atoms with van der Waals surface area (Å²) < 4.78 is 10.7. The van der Waals surface area contributed by atoms with Crippen molar-refractivity contribution in [2.24, 2.45) is 5.92 Å². The summed E-state index contributed by atoms with van der Waals surface area (Å²) in [6, 6.07) is 4.19. The maximum Gasteiger partial charge on any atom is 0.161 e. The molecule has 21 heavy (non-hydrogen) atoms. The zero-order valence-electron chi connectivity index (χ0n) is 14.3. The molecule has 0 aliphatic heterocycles. The van der Waals surface area contributed by atoms with E-state index in [4.69, 9.17) is 9.47 Å². The molecule has 1 atom stereocenters. The second kappa shape index (κ2) is 9.67. The minimum Gasteiger partial charge on any atom is -0.493 e. The fourth-order valence-electron chi connectivity index (χ4n) is 2.49. The second-order valence-electron chi connectivity index (χ2n) is 5.82. The van der Waals surface area contributed by atoms with Crippen LogP contribution in [-0.4, -0.2) is 27.3 Å². The van der Waals surface area contributed by atoms with Gasteiger partial charge in [0.05, 0.1) is 14.2 Å². The van der Waals surface area contributed by atoms with Crippen LogP contribution < -0.4 is 14.8 Å². The van der Waals surface area contributed by atoms with E-state index in [0.717, 1.165) is 36.9 Å². The first-order chi connectivity index (χ1) is 10.1. The molecule has 0 aliphatic rings. The van der Waals surface area contributed by atoms with E-state index in [-0.39, 0.29) is 0 Å². The highest BCUT2D eigenvalue weighted by Gasteiger charge is 2.10. The molecule has 1 N–H and O–H groups in total. The SMILES string of the molecule is CCCNCCC(C)CCc1cc(OC)c(OC)cc1C. The average molecular weight is 293 g/mol. The van der Waals surface area contributed by atoms with Crippen LogP contribution in [-0.2, 0) is 6.42 Å². The summed E-state index contributed by atoms with van der Waals surface area (Å²) >= 11 is 0. The first-order valence-electron chi connectivity index (χ1n) is 8.04. The van der Waals surface area contributed by atoms with Gasteiger partial charge in [-0.3, -0.25) is 0 Å². The lowest BCUT2D eigenvalue weighted by atomic mass is 9.95. The van der Waals surface area contributed by atoms with Crippen LogP contribution >= 0.6 is 0 Å². The molecule has 0 amide bonds. The zero-order chi connectivity index (χ0) is 15.7. The molecule has 0 bridgehead atoms. The van der Waals surface area contributed by atoms with Gasteiger partial charge in [0.25, 0.3) is 0 Å². The van der Waals surface area contributed by atoms with Gasteiger partial charge < -0.3 is 14.8 Å². The Morgan fingerprint density at radius 3 is 2.33 bits per heavy atom. The number of methoxy groups -OCH3 is 2. The van der Waals surface area contributed by atoms with E-state index in [0.29, 0.717) is 0 Å². The van der Waals surface area contributed by atoms with Gasteiger partial charge in [-0.25, -0.2) is 0 Å². The Hall–Kier alpha value is -1.22. The van der Waals surface area contributed by atoms with Crippen LogP contribution in [0.25, 0.3) is 0 Å². The molecule has 120 valence electrons. The Kier molecular flexibility index (Phi) is 8.21. The normalized spacial score (nSPS) is 12.2. The maximum atomic E-state index is 5.40. The number of aryl methyl sites for hydroxylation is 2.